The molecule has 5 rings (SSSR count). The van der Waals surface area contributed by atoms with E-state index in [1.54, 1.807) is 7.11 Å². The van der Waals surface area contributed by atoms with Crippen molar-refractivity contribution in [1.82, 2.24) is 15.1 Å². The van der Waals surface area contributed by atoms with Crippen LogP contribution in [0.15, 0.2) is 40.9 Å². The number of rotatable bonds is 8. The molecular formula is C27H29N3O5. The Hall–Kier alpha value is -3.81. The Balaban J connectivity index is 1.42. The van der Waals surface area contributed by atoms with Gasteiger partial charge in [0.25, 0.3) is 5.89 Å². The molecular weight excluding hydrogens is 446 g/mol. The second kappa shape index (κ2) is 9.44. The van der Waals surface area contributed by atoms with Gasteiger partial charge in [-0.2, -0.15) is 4.98 Å². The van der Waals surface area contributed by atoms with Gasteiger partial charge < -0.3 is 23.7 Å². The summed E-state index contributed by atoms with van der Waals surface area (Å²) in [5.41, 5.74) is 5.05. The maximum Gasteiger partial charge on any atom is 0.306 e. The summed E-state index contributed by atoms with van der Waals surface area (Å²) in [4.78, 5) is 20.2. The van der Waals surface area contributed by atoms with E-state index in [4.69, 9.17) is 18.7 Å². The second-order valence-electron chi connectivity index (χ2n) is 8.98. The normalized spacial score (nSPS) is 14.9. The minimum absolute atomic E-state index is 0.0370. The number of carbonyl (C=O) groups excluding carboxylic acids is 1. The number of carbonyl (C=O) groups is 1. The first-order valence-electron chi connectivity index (χ1n) is 12.0. The maximum absolute atomic E-state index is 12.0. The monoisotopic (exact) mass is 475 g/mol. The van der Waals surface area contributed by atoms with Crippen molar-refractivity contribution in [2.24, 2.45) is 0 Å². The van der Waals surface area contributed by atoms with Gasteiger partial charge in [-0.05, 0) is 75.6 Å². The number of nitrogens with one attached hydrogen (secondary N) is 1. The molecule has 8 nitrogen and oxygen atoms in total. The first-order valence-corrected chi connectivity index (χ1v) is 12.0. The zero-order chi connectivity index (χ0) is 24.5. The van der Waals surface area contributed by atoms with Crippen LogP contribution in [0.25, 0.3) is 33.7 Å². The number of nitrogens with zero attached hydrogens (tertiary/aromatic N) is 2. The lowest BCUT2D eigenvalue weighted by molar-refractivity contribution is -0.143. The van der Waals surface area contributed by atoms with Crippen molar-refractivity contribution < 1.29 is 23.5 Å². The zero-order valence-corrected chi connectivity index (χ0v) is 20.4. The molecule has 1 aliphatic rings. The Kier molecular flexibility index (Phi) is 6.19. The van der Waals surface area contributed by atoms with Gasteiger partial charge in [0.2, 0.25) is 5.82 Å². The van der Waals surface area contributed by atoms with Gasteiger partial charge in [-0.3, -0.25) is 4.79 Å². The Morgan fingerprint density at radius 1 is 1.17 bits per heavy atom. The smallest absolute Gasteiger partial charge is 0.306 e. The van der Waals surface area contributed by atoms with Gasteiger partial charge in [0.1, 0.15) is 0 Å². The van der Waals surface area contributed by atoms with Gasteiger partial charge in [0.15, 0.2) is 11.5 Å². The van der Waals surface area contributed by atoms with Gasteiger partial charge in [-0.15, -0.1) is 0 Å². The third-order valence-corrected chi connectivity index (χ3v) is 6.27. The van der Waals surface area contributed by atoms with Crippen LogP contribution in [-0.4, -0.2) is 40.9 Å². The summed E-state index contributed by atoms with van der Waals surface area (Å²) in [7, 11) is 1.60. The van der Waals surface area contributed by atoms with Crippen molar-refractivity contribution in [1.29, 1.82) is 0 Å². The predicted molar refractivity (Wildman–Crippen MR) is 132 cm³/mol. The van der Waals surface area contributed by atoms with E-state index in [2.05, 4.69) is 21.2 Å². The fraction of sp³-hybridized carbons (Fsp3) is 0.370. The third-order valence-electron chi connectivity index (χ3n) is 6.27. The lowest BCUT2D eigenvalue weighted by atomic mass is 10.0. The van der Waals surface area contributed by atoms with Crippen LogP contribution in [0.2, 0.25) is 0 Å². The summed E-state index contributed by atoms with van der Waals surface area (Å²) in [5.74, 6) is 2.21. The molecule has 2 aromatic heterocycles. The average Bonchev–Trinajstić information content (AvgIpc) is 3.55. The van der Waals surface area contributed by atoms with Crippen LogP contribution in [0.3, 0.4) is 0 Å². The number of benzene rings is 2. The summed E-state index contributed by atoms with van der Waals surface area (Å²) in [6.45, 7) is 6.17. The van der Waals surface area contributed by atoms with Gasteiger partial charge in [-0.1, -0.05) is 5.16 Å². The first kappa shape index (κ1) is 23.0. The van der Waals surface area contributed by atoms with E-state index in [1.165, 1.54) is 5.56 Å². The Morgan fingerprint density at radius 3 is 2.77 bits per heavy atom. The number of hydrogen-bond donors (Lipinski definition) is 1. The molecule has 0 saturated carbocycles. The minimum Gasteiger partial charge on any atom is -0.493 e. The summed E-state index contributed by atoms with van der Waals surface area (Å²) in [5, 5.41) is 5.35. The molecule has 0 aliphatic heterocycles. The van der Waals surface area contributed by atoms with Gasteiger partial charge in [0.05, 0.1) is 26.2 Å². The fourth-order valence-corrected chi connectivity index (χ4v) is 4.72. The fourth-order valence-electron chi connectivity index (χ4n) is 4.72. The van der Waals surface area contributed by atoms with Crippen LogP contribution >= 0.6 is 0 Å². The topological polar surface area (TPSA) is 99.5 Å². The molecule has 1 atom stereocenters. The highest BCUT2D eigenvalue weighted by Crippen LogP contribution is 2.41. The van der Waals surface area contributed by atoms with Crippen molar-refractivity contribution in [3.05, 3.63) is 47.7 Å². The summed E-state index contributed by atoms with van der Waals surface area (Å²) < 4.78 is 22.0. The second-order valence-corrected chi connectivity index (χ2v) is 8.98. The highest BCUT2D eigenvalue weighted by atomic mass is 16.5. The third kappa shape index (κ3) is 4.48. The number of aromatic amines is 1. The highest BCUT2D eigenvalue weighted by Gasteiger charge is 2.29. The van der Waals surface area contributed by atoms with Crippen LogP contribution < -0.4 is 9.47 Å². The number of H-pyrrole nitrogens is 1. The lowest BCUT2D eigenvalue weighted by Crippen LogP contribution is -2.08. The van der Waals surface area contributed by atoms with Crippen molar-refractivity contribution >= 4 is 16.9 Å². The number of hydrogen-bond acceptors (Lipinski definition) is 7. The lowest BCUT2D eigenvalue weighted by Gasteiger charge is -2.13. The van der Waals surface area contributed by atoms with Crippen LogP contribution in [-0.2, 0) is 16.0 Å². The van der Waals surface area contributed by atoms with E-state index in [9.17, 15) is 4.79 Å². The average molecular weight is 476 g/mol. The molecule has 4 aromatic rings. The van der Waals surface area contributed by atoms with E-state index in [0.717, 1.165) is 40.6 Å². The minimum atomic E-state index is -0.149. The molecule has 2 heterocycles. The number of methoxy groups -OCH3 is 1. The first-order chi connectivity index (χ1) is 17.0. The Morgan fingerprint density at radius 2 is 2.00 bits per heavy atom. The van der Waals surface area contributed by atoms with Gasteiger partial charge >= 0.3 is 5.97 Å². The molecule has 2 aromatic carbocycles. The largest absolute Gasteiger partial charge is 0.493 e. The van der Waals surface area contributed by atoms with E-state index in [1.807, 2.05) is 51.1 Å². The van der Waals surface area contributed by atoms with Crippen LogP contribution in [0.5, 0.6) is 11.5 Å². The molecule has 1 unspecified atom stereocenters. The molecule has 1 aliphatic carbocycles. The molecule has 0 saturated heterocycles. The van der Waals surface area contributed by atoms with Gasteiger partial charge in [0, 0.05) is 33.6 Å². The van der Waals surface area contributed by atoms with Crippen LogP contribution in [0.4, 0.5) is 0 Å². The standard InChI is InChI=1S/C27H29N3O5/c1-5-33-24(31)14-16-6-9-19-20-12-17(7-10-21(20)28-25(16)19)26-29-27(35-30-26)18-8-11-22(34-15(2)3)23(13-18)32-4/h7-8,10-13,15-16,28H,5-6,9,14H2,1-4H3. The van der Waals surface area contributed by atoms with E-state index < -0.39 is 0 Å². The van der Waals surface area contributed by atoms with Crippen molar-refractivity contribution in [2.75, 3.05) is 13.7 Å². The molecule has 8 heteroatoms. The zero-order valence-electron chi connectivity index (χ0n) is 20.4. The number of fused-ring (bicyclic) bond motifs is 3. The molecule has 1 N–H and O–H groups in total. The number of aromatic nitrogens is 3. The van der Waals surface area contributed by atoms with Crippen molar-refractivity contribution in [3.8, 4) is 34.3 Å². The highest BCUT2D eigenvalue weighted by molar-refractivity contribution is 5.89. The number of ether oxygens (including phenoxy) is 3. The molecule has 0 fully saturated rings. The number of esters is 1. The van der Waals surface area contributed by atoms with Gasteiger partial charge in [-0.25, -0.2) is 0 Å². The van der Waals surface area contributed by atoms with E-state index in [-0.39, 0.29) is 18.0 Å². The van der Waals surface area contributed by atoms with Crippen molar-refractivity contribution in [2.45, 2.75) is 52.1 Å². The summed E-state index contributed by atoms with van der Waals surface area (Å²) in [6.07, 6.45) is 2.30. The quantitative estimate of drug-likeness (QED) is 0.328. The predicted octanol–water partition coefficient (Wildman–Crippen LogP) is 5.66. The molecule has 182 valence electrons. The SMILES string of the molecule is CCOC(=O)CC1CCc2c1[nH]c1ccc(-c3noc(-c4ccc(OC(C)C)c(OC)c4)n3)cc21. The molecule has 35 heavy (non-hydrogen) atoms. The van der Waals surface area contributed by atoms with Crippen molar-refractivity contribution in [3.63, 3.8) is 0 Å². The maximum atomic E-state index is 12.0. The number of aryl methyl sites for hydroxylation is 1. The van der Waals surface area contributed by atoms with E-state index in [0.29, 0.717) is 36.2 Å². The van der Waals surface area contributed by atoms with Crippen LogP contribution in [0.1, 0.15) is 50.8 Å². The van der Waals surface area contributed by atoms with Crippen LogP contribution in [0, 0.1) is 0 Å². The van der Waals surface area contributed by atoms with E-state index >= 15 is 0 Å². The molecule has 0 amide bonds. The summed E-state index contributed by atoms with van der Waals surface area (Å²) in [6, 6.07) is 11.7. The molecule has 0 spiro atoms. The Bertz CT molecular complexity index is 1370. The molecule has 0 radical (unpaired) electrons. The summed E-state index contributed by atoms with van der Waals surface area (Å²) >= 11 is 0. The Labute approximate surface area is 203 Å². The molecule has 0 bridgehead atoms.